The van der Waals surface area contributed by atoms with Gasteiger partial charge < -0.3 is 18.6 Å². The lowest BCUT2D eigenvalue weighted by atomic mass is 9.90. The van der Waals surface area contributed by atoms with Crippen molar-refractivity contribution in [1.29, 1.82) is 0 Å². The number of rotatable bonds is 3. The van der Waals surface area contributed by atoms with Gasteiger partial charge in [0.25, 0.3) is 0 Å². The molecule has 0 amide bonds. The van der Waals surface area contributed by atoms with Gasteiger partial charge in [-0.05, 0) is 53.6 Å². The van der Waals surface area contributed by atoms with Crippen LogP contribution < -0.4 is 19.8 Å². The lowest BCUT2D eigenvalue weighted by molar-refractivity contribution is 0.362. The van der Waals surface area contributed by atoms with Crippen molar-refractivity contribution in [2.45, 2.75) is 0 Å². The fourth-order valence-corrected chi connectivity index (χ4v) is 4.67. The Bertz CT molecular complexity index is 1640. The second kappa shape index (κ2) is 7.41. The maximum Gasteiger partial charge on any atom is 0.344 e. The molecule has 6 rings (SSSR count). The smallest absolute Gasteiger partial charge is 0.344 e. The minimum Gasteiger partial charge on any atom is -0.497 e. The number of fused-ring (bicyclic) bond motifs is 8. The van der Waals surface area contributed by atoms with Crippen LogP contribution in [0.3, 0.4) is 0 Å². The molecule has 0 spiro atoms. The Morgan fingerprint density at radius 2 is 1.61 bits per heavy atom. The van der Waals surface area contributed by atoms with Gasteiger partial charge >= 0.3 is 5.63 Å². The molecule has 0 saturated carbocycles. The molecule has 1 aliphatic heterocycles. The normalized spacial score (nSPS) is 12.7. The fraction of sp³-hybridized carbons (Fsp3) is 0.107. The summed E-state index contributed by atoms with van der Waals surface area (Å²) in [6, 6.07) is 19.6. The Morgan fingerprint density at radius 1 is 0.818 bits per heavy atom. The highest BCUT2D eigenvalue weighted by Crippen LogP contribution is 2.46. The molecule has 33 heavy (non-hydrogen) atoms. The van der Waals surface area contributed by atoms with Crippen LogP contribution in [-0.4, -0.2) is 20.8 Å². The molecule has 0 saturated heterocycles. The molecule has 5 aromatic rings. The Kier molecular flexibility index (Phi) is 4.37. The average Bonchev–Trinajstić information content (AvgIpc) is 2.88. The molecule has 5 nitrogen and oxygen atoms in total. The molecule has 0 unspecified atom stereocenters. The van der Waals surface area contributed by atoms with Crippen LogP contribution >= 0.6 is 0 Å². The van der Waals surface area contributed by atoms with E-state index in [1.165, 1.54) is 0 Å². The zero-order valence-electron chi connectivity index (χ0n) is 18.2. The fourth-order valence-electron chi connectivity index (χ4n) is 4.67. The molecule has 0 atom stereocenters. The van der Waals surface area contributed by atoms with Crippen LogP contribution in [0.5, 0.6) is 17.2 Å². The van der Waals surface area contributed by atoms with Crippen LogP contribution in [0.25, 0.3) is 49.7 Å². The zero-order chi connectivity index (χ0) is 22.5. The van der Waals surface area contributed by atoms with Gasteiger partial charge in [0.15, 0.2) is 5.58 Å². The Labute approximate surface area is 189 Å². The van der Waals surface area contributed by atoms with Gasteiger partial charge in [0.2, 0.25) is 0 Å². The van der Waals surface area contributed by atoms with E-state index in [9.17, 15) is 4.79 Å². The van der Waals surface area contributed by atoms with E-state index in [2.05, 4.69) is 12.1 Å². The number of methoxy groups -OCH3 is 2. The summed E-state index contributed by atoms with van der Waals surface area (Å²) in [4.78, 5) is 13.0. The lowest BCUT2D eigenvalue weighted by Crippen LogP contribution is -2.06. The molecule has 162 valence electrons. The van der Waals surface area contributed by atoms with Gasteiger partial charge in [-0.15, -0.1) is 0 Å². The van der Waals surface area contributed by atoms with Crippen molar-refractivity contribution in [1.82, 2.24) is 0 Å². The number of hydrogen-bond donors (Lipinski definition) is 0. The largest absolute Gasteiger partial charge is 0.497 e. The molecule has 4 aromatic carbocycles. The second-order valence-corrected chi connectivity index (χ2v) is 7.92. The van der Waals surface area contributed by atoms with Gasteiger partial charge in [0, 0.05) is 21.5 Å². The van der Waals surface area contributed by atoms with E-state index in [4.69, 9.17) is 18.6 Å². The van der Waals surface area contributed by atoms with Crippen molar-refractivity contribution < 1.29 is 18.6 Å². The SMILES string of the molecule is COc1ccc(-c2cccc3c4c(c5oc(=O)c6cc(OC)ccc6c5c23)C=CCO4)cc1. The third kappa shape index (κ3) is 2.89. The summed E-state index contributed by atoms with van der Waals surface area (Å²) >= 11 is 0. The van der Waals surface area contributed by atoms with Crippen LogP contribution in [0, 0.1) is 0 Å². The molecule has 0 aliphatic carbocycles. The molecule has 5 heteroatoms. The molecule has 0 radical (unpaired) electrons. The van der Waals surface area contributed by atoms with E-state index < -0.39 is 5.63 Å². The second-order valence-electron chi connectivity index (χ2n) is 7.92. The van der Waals surface area contributed by atoms with E-state index in [0.29, 0.717) is 23.3 Å². The molecule has 0 fully saturated rings. The van der Waals surface area contributed by atoms with Gasteiger partial charge in [-0.1, -0.05) is 30.3 Å². The Balaban J connectivity index is 1.85. The first-order chi connectivity index (χ1) is 16.2. The summed E-state index contributed by atoms with van der Waals surface area (Å²) in [6.45, 7) is 0.468. The first-order valence-corrected chi connectivity index (χ1v) is 10.7. The summed E-state index contributed by atoms with van der Waals surface area (Å²) in [5, 5.41) is 4.12. The highest BCUT2D eigenvalue weighted by Gasteiger charge is 2.23. The summed E-state index contributed by atoms with van der Waals surface area (Å²) < 4.78 is 22.7. The molecular weight excluding hydrogens is 416 g/mol. The number of ether oxygens (including phenoxy) is 3. The van der Waals surface area contributed by atoms with Gasteiger partial charge in [-0.2, -0.15) is 0 Å². The van der Waals surface area contributed by atoms with Gasteiger partial charge in [-0.3, -0.25) is 0 Å². The summed E-state index contributed by atoms with van der Waals surface area (Å²) in [6.07, 6.45) is 3.90. The molecule has 2 heterocycles. The van der Waals surface area contributed by atoms with E-state index in [-0.39, 0.29) is 0 Å². The van der Waals surface area contributed by atoms with Gasteiger partial charge in [0.05, 0.1) is 25.2 Å². The van der Waals surface area contributed by atoms with Crippen LogP contribution in [0.15, 0.2) is 76.0 Å². The predicted octanol–water partition coefficient (Wildman–Crippen LogP) is 6.19. The lowest BCUT2D eigenvalue weighted by Gasteiger charge is -2.20. The van der Waals surface area contributed by atoms with Gasteiger partial charge in [-0.25, -0.2) is 4.79 Å². The van der Waals surface area contributed by atoms with Crippen LogP contribution in [0.2, 0.25) is 0 Å². The summed E-state index contributed by atoms with van der Waals surface area (Å²) in [5.41, 5.74) is 2.95. The summed E-state index contributed by atoms with van der Waals surface area (Å²) in [7, 11) is 3.24. The van der Waals surface area contributed by atoms with E-state index in [1.807, 2.05) is 54.6 Å². The molecule has 0 N–H and O–H groups in total. The first kappa shape index (κ1) is 19.4. The van der Waals surface area contributed by atoms with Gasteiger partial charge in [0.1, 0.15) is 23.9 Å². The minimum absolute atomic E-state index is 0.404. The van der Waals surface area contributed by atoms with Crippen LogP contribution in [-0.2, 0) is 0 Å². The maximum atomic E-state index is 13.0. The molecule has 1 aliphatic rings. The van der Waals surface area contributed by atoms with Crippen LogP contribution in [0.1, 0.15) is 5.56 Å². The maximum absolute atomic E-state index is 13.0. The van der Waals surface area contributed by atoms with Crippen LogP contribution in [0.4, 0.5) is 0 Å². The van der Waals surface area contributed by atoms with Crippen molar-refractivity contribution in [2.75, 3.05) is 20.8 Å². The summed E-state index contributed by atoms with van der Waals surface area (Å²) in [5.74, 6) is 2.12. The standard InChI is InChI=1S/C28H20O5/c1-30-17-10-8-16(9-11-17)19-5-3-6-21-24(19)25-20-13-12-18(31-2)15-23(20)28(29)33-27(25)22-7-4-14-32-26(21)22/h3-13,15H,14H2,1-2H3. The van der Waals surface area contributed by atoms with Crippen molar-refractivity contribution in [3.63, 3.8) is 0 Å². The molecule has 1 aromatic heterocycles. The third-order valence-electron chi connectivity index (χ3n) is 6.20. The third-order valence-corrected chi connectivity index (χ3v) is 6.20. The van der Waals surface area contributed by atoms with Crippen molar-refractivity contribution >= 4 is 38.6 Å². The number of hydrogen-bond acceptors (Lipinski definition) is 5. The molecular formula is C28H20O5. The average molecular weight is 436 g/mol. The van der Waals surface area contributed by atoms with Crippen molar-refractivity contribution in [3.05, 3.63) is 82.7 Å². The van der Waals surface area contributed by atoms with E-state index >= 15 is 0 Å². The zero-order valence-corrected chi connectivity index (χ0v) is 18.2. The molecule has 0 bridgehead atoms. The highest BCUT2D eigenvalue weighted by molar-refractivity contribution is 6.25. The first-order valence-electron chi connectivity index (χ1n) is 10.7. The quantitative estimate of drug-likeness (QED) is 0.249. The Hall–Kier alpha value is -4.25. The minimum atomic E-state index is -0.404. The van der Waals surface area contributed by atoms with E-state index in [0.717, 1.165) is 49.7 Å². The van der Waals surface area contributed by atoms with E-state index in [1.54, 1.807) is 20.3 Å². The highest BCUT2D eigenvalue weighted by atomic mass is 16.5. The monoisotopic (exact) mass is 436 g/mol. The number of benzene rings is 4. The van der Waals surface area contributed by atoms with Crippen molar-refractivity contribution in [3.8, 4) is 28.4 Å². The Morgan fingerprint density at radius 3 is 2.39 bits per heavy atom. The van der Waals surface area contributed by atoms with Crippen molar-refractivity contribution in [2.24, 2.45) is 0 Å². The predicted molar refractivity (Wildman–Crippen MR) is 131 cm³/mol. The topological polar surface area (TPSA) is 57.9 Å².